The molecule has 1 amide bonds. The molecule has 2 heterocycles. The Kier molecular flexibility index (Phi) is 13.5. The normalized spacial score (nSPS) is 12.1. The predicted molar refractivity (Wildman–Crippen MR) is 162 cm³/mol. The lowest BCUT2D eigenvalue weighted by Crippen LogP contribution is -2.17. The Morgan fingerprint density at radius 1 is 0.950 bits per heavy atom. The number of aromatic amines is 1. The van der Waals surface area contributed by atoms with Crippen LogP contribution >= 0.6 is 11.6 Å². The van der Waals surface area contributed by atoms with Crippen molar-refractivity contribution in [3.05, 3.63) is 35.0 Å². The fourth-order valence-electron chi connectivity index (χ4n) is 4.84. The average Bonchev–Trinajstić information content (AvgIpc) is 3.48. The number of anilines is 1. The number of fused-ring (bicyclic) bond motifs is 1. The second-order valence-electron chi connectivity index (χ2n) is 10.8. The number of benzene rings is 1. The Hall–Kier alpha value is -2.87. The third kappa shape index (κ3) is 10.3. The van der Waals surface area contributed by atoms with Crippen LogP contribution in [0.4, 0.5) is 5.69 Å². The van der Waals surface area contributed by atoms with E-state index in [1.165, 1.54) is 64.2 Å². The van der Waals surface area contributed by atoms with Crippen molar-refractivity contribution in [3.8, 4) is 11.4 Å². The van der Waals surface area contributed by atoms with Crippen LogP contribution in [-0.4, -0.2) is 38.3 Å². The topological polar surface area (TPSA) is 101 Å². The first-order chi connectivity index (χ1) is 19.4. The lowest BCUT2D eigenvalue weighted by atomic mass is 9.95. The predicted octanol–water partition coefficient (Wildman–Crippen LogP) is 8.29. The van der Waals surface area contributed by atoms with E-state index in [1.807, 2.05) is 19.1 Å². The summed E-state index contributed by atoms with van der Waals surface area (Å²) in [5.74, 6) is 0.428. The van der Waals surface area contributed by atoms with Crippen molar-refractivity contribution in [3.63, 3.8) is 0 Å². The van der Waals surface area contributed by atoms with Crippen LogP contribution in [0.15, 0.2) is 24.3 Å². The zero-order valence-electron chi connectivity index (χ0n) is 24.4. The highest BCUT2D eigenvalue weighted by molar-refractivity contribution is 6.34. The first-order valence-corrected chi connectivity index (χ1v) is 15.5. The molecule has 0 aliphatic rings. The van der Waals surface area contributed by atoms with Gasteiger partial charge in [-0.3, -0.25) is 14.7 Å². The number of nitrogens with one attached hydrogen (secondary N) is 2. The lowest BCUT2D eigenvalue weighted by molar-refractivity contribution is -0.146. The van der Waals surface area contributed by atoms with Crippen LogP contribution < -0.4 is 5.32 Å². The van der Waals surface area contributed by atoms with E-state index in [-0.39, 0.29) is 24.7 Å². The number of unbranched alkanes of at least 4 members (excludes halogenated alkanes) is 8. The maximum Gasteiger partial charge on any atom is 0.306 e. The minimum atomic E-state index is -0.303. The Labute approximate surface area is 243 Å². The van der Waals surface area contributed by atoms with Gasteiger partial charge >= 0.3 is 5.97 Å². The highest BCUT2D eigenvalue weighted by Gasteiger charge is 2.15. The van der Waals surface area contributed by atoms with Crippen LogP contribution in [0, 0.1) is 12.8 Å². The highest BCUT2D eigenvalue weighted by Crippen LogP contribution is 2.24. The Bertz CT molecular complexity index is 1190. The molecule has 0 spiro atoms. The van der Waals surface area contributed by atoms with E-state index in [1.54, 1.807) is 16.8 Å². The third-order valence-corrected chi connectivity index (χ3v) is 7.75. The van der Waals surface area contributed by atoms with Crippen LogP contribution in [0.25, 0.3) is 17.0 Å². The van der Waals surface area contributed by atoms with Crippen LogP contribution in [0.3, 0.4) is 0 Å². The van der Waals surface area contributed by atoms with E-state index >= 15 is 0 Å². The molecule has 2 aromatic heterocycles. The number of ether oxygens (including phenoxy) is 1. The first kappa shape index (κ1) is 31.7. The summed E-state index contributed by atoms with van der Waals surface area (Å²) in [7, 11) is 0. The van der Waals surface area contributed by atoms with Crippen molar-refractivity contribution in [2.45, 2.75) is 111 Å². The molecule has 3 aromatic rings. The van der Waals surface area contributed by atoms with Gasteiger partial charge < -0.3 is 10.1 Å². The fourth-order valence-corrected chi connectivity index (χ4v) is 5.00. The molecule has 220 valence electrons. The van der Waals surface area contributed by atoms with E-state index in [0.717, 1.165) is 24.1 Å². The monoisotopic (exact) mass is 571 g/mol. The summed E-state index contributed by atoms with van der Waals surface area (Å²) in [5, 5.41) is 10.8. The van der Waals surface area contributed by atoms with Gasteiger partial charge in [0.25, 0.3) is 0 Å². The van der Waals surface area contributed by atoms with E-state index in [2.05, 4.69) is 34.3 Å². The molecular formula is C31H46ClN5O3. The molecule has 8 nitrogen and oxygen atoms in total. The number of aryl methyl sites for hydroxylation is 1. The van der Waals surface area contributed by atoms with Gasteiger partial charge in [0.2, 0.25) is 5.91 Å². The zero-order valence-corrected chi connectivity index (χ0v) is 25.2. The van der Waals surface area contributed by atoms with Gasteiger partial charge in [-0.05, 0) is 49.9 Å². The summed E-state index contributed by atoms with van der Waals surface area (Å²) < 4.78 is 7.16. The summed E-state index contributed by atoms with van der Waals surface area (Å²) in [6.45, 7) is 6.78. The largest absolute Gasteiger partial charge is 0.465 e. The fraction of sp³-hybridized carbons (Fsp3) is 0.613. The molecular weight excluding hydrogens is 526 g/mol. The summed E-state index contributed by atoms with van der Waals surface area (Å²) >= 11 is 6.25. The number of H-pyrrole nitrogens is 1. The smallest absolute Gasteiger partial charge is 0.306 e. The van der Waals surface area contributed by atoms with Crippen molar-refractivity contribution < 1.29 is 14.3 Å². The minimum Gasteiger partial charge on any atom is -0.465 e. The van der Waals surface area contributed by atoms with Gasteiger partial charge in [0.05, 0.1) is 18.7 Å². The maximum absolute atomic E-state index is 12.4. The molecule has 0 saturated heterocycles. The molecule has 1 atom stereocenters. The molecule has 0 saturated carbocycles. The molecule has 9 heteroatoms. The van der Waals surface area contributed by atoms with E-state index in [9.17, 15) is 9.59 Å². The van der Waals surface area contributed by atoms with Gasteiger partial charge in [-0.15, -0.1) is 5.10 Å². The average molecular weight is 572 g/mol. The molecule has 0 aliphatic heterocycles. The van der Waals surface area contributed by atoms with Crippen LogP contribution in [-0.2, 0) is 14.3 Å². The Balaban J connectivity index is 1.39. The molecule has 0 bridgehead atoms. The molecule has 0 fully saturated rings. The lowest BCUT2D eigenvalue weighted by Gasteiger charge is -2.17. The Morgan fingerprint density at radius 2 is 1.57 bits per heavy atom. The van der Waals surface area contributed by atoms with E-state index in [4.69, 9.17) is 16.3 Å². The van der Waals surface area contributed by atoms with Crippen LogP contribution in [0.1, 0.15) is 109 Å². The number of carbonyl (C=O) groups excluding carboxylic acids is 2. The number of halogens is 1. The van der Waals surface area contributed by atoms with Gasteiger partial charge in [0.15, 0.2) is 11.5 Å². The number of aromatic nitrogens is 4. The van der Waals surface area contributed by atoms with Crippen molar-refractivity contribution in [1.82, 2.24) is 19.8 Å². The molecule has 0 aliphatic carbocycles. The van der Waals surface area contributed by atoms with Gasteiger partial charge in [-0.25, -0.2) is 4.98 Å². The number of hydrogen-bond acceptors (Lipinski definition) is 5. The van der Waals surface area contributed by atoms with E-state index in [0.29, 0.717) is 34.7 Å². The quantitative estimate of drug-likeness (QED) is 0.111. The van der Waals surface area contributed by atoms with Crippen LogP contribution in [0.2, 0.25) is 5.02 Å². The number of nitrogens with zero attached hydrogens (tertiary/aromatic N) is 3. The van der Waals surface area contributed by atoms with Crippen molar-refractivity contribution in [2.24, 2.45) is 5.92 Å². The second kappa shape index (κ2) is 17.1. The SMILES string of the molecule is CCCCCCCCC(CCCCCC)COC(=O)CCC(=O)Nc1ccc(-c2nc3c(Cl)c(C)[nH]n3n2)cc1. The van der Waals surface area contributed by atoms with Gasteiger partial charge in [-0.2, -0.15) is 4.63 Å². The van der Waals surface area contributed by atoms with Gasteiger partial charge in [0, 0.05) is 17.7 Å². The molecule has 2 N–H and O–H groups in total. The Morgan fingerprint density at radius 3 is 2.23 bits per heavy atom. The standard InChI is InChI=1S/C31H46ClN5O3/c1-4-6-8-10-11-13-15-24(14-12-9-7-5-2)22-40-28(39)21-20-27(38)33-26-18-16-25(17-19-26)30-34-31-29(32)23(3)35-37(31)36-30/h16-19,24,35H,4-15,20-22H2,1-3H3,(H,33,38). The molecule has 1 aromatic carbocycles. The number of carbonyl (C=O) groups is 2. The maximum atomic E-state index is 12.4. The zero-order chi connectivity index (χ0) is 28.7. The van der Waals surface area contributed by atoms with Gasteiger partial charge in [-0.1, -0.05) is 89.7 Å². The summed E-state index contributed by atoms with van der Waals surface area (Å²) in [5.41, 5.74) is 2.83. The minimum absolute atomic E-state index is 0.0777. The van der Waals surface area contributed by atoms with Gasteiger partial charge in [0.1, 0.15) is 5.02 Å². The molecule has 40 heavy (non-hydrogen) atoms. The first-order valence-electron chi connectivity index (χ1n) is 15.1. The molecule has 1 unspecified atom stereocenters. The summed E-state index contributed by atoms with van der Waals surface area (Å²) in [4.78, 5) is 29.3. The second-order valence-corrected chi connectivity index (χ2v) is 11.2. The summed E-state index contributed by atoms with van der Waals surface area (Å²) in [6.07, 6.45) is 14.9. The van der Waals surface area contributed by atoms with Crippen molar-refractivity contribution >= 4 is 34.8 Å². The summed E-state index contributed by atoms with van der Waals surface area (Å²) in [6, 6.07) is 7.26. The number of hydrogen-bond donors (Lipinski definition) is 2. The third-order valence-electron chi connectivity index (χ3n) is 7.30. The molecule has 3 rings (SSSR count). The number of amides is 1. The van der Waals surface area contributed by atoms with Crippen molar-refractivity contribution in [1.29, 1.82) is 0 Å². The van der Waals surface area contributed by atoms with Crippen molar-refractivity contribution in [2.75, 3.05) is 11.9 Å². The van der Waals surface area contributed by atoms with E-state index < -0.39 is 0 Å². The number of esters is 1. The number of rotatable bonds is 19. The van der Waals surface area contributed by atoms with Crippen LogP contribution in [0.5, 0.6) is 0 Å². The molecule has 0 radical (unpaired) electrons. The highest BCUT2D eigenvalue weighted by atomic mass is 35.5.